The van der Waals surface area contributed by atoms with E-state index in [-0.39, 0.29) is 17.6 Å². The van der Waals surface area contributed by atoms with Crippen molar-refractivity contribution >= 4 is 5.91 Å². The molecule has 3 atom stereocenters. The van der Waals surface area contributed by atoms with Gasteiger partial charge in [-0.2, -0.15) is 0 Å². The minimum absolute atomic E-state index is 0.0857. The fourth-order valence-electron chi connectivity index (χ4n) is 3.53. The molecule has 0 bridgehead atoms. The van der Waals surface area contributed by atoms with E-state index in [0.29, 0.717) is 37.4 Å². The third-order valence-corrected chi connectivity index (χ3v) is 4.97. The second-order valence-electron chi connectivity index (χ2n) is 6.82. The van der Waals surface area contributed by atoms with E-state index in [1.165, 1.54) is 0 Å². The Balaban J connectivity index is 1.33. The quantitative estimate of drug-likeness (QED) is 0.841. The molecule has 0 radical (unpaired) electrons. The van der Waals surface area contributed by atoms with Gasteiger partial charge in [-0.1, -0.05) is 6.92 Å². The fraction of sp³-hybridized carbons (Fsp3) is 0.688. The monoisotopic (exact) mass is 303 g/mol. The topological polar surface area (TPSA) is 64.6 Å². The molecule has 6 nitrogen and oxygen atoms in total. The van der Waals surface area contributed by atoms with Gasteiger partial charge < -0.3 is 14.4 Å². The molecule has 3 aliphatic rings. The largest absolute Gasteiger partial charge is 0.473 e. The minimum atomic E-state index is -0.209. The number of rotatable bonds is 3. The molecule has 1 saturated carbocycles. The average Bonchev–Trinajstić information content (AvgIpc) is 3.22. The number of nitrogens with zero attached hydrogens (tertiary/aromatic N) is 3. The van der Waals surface area contributed by atoms with Crippen molar-refractivity contribution in [3.63, 3.8) is 0 Å². The lowest BCUT2D eigenvalue weighted by Gasteiger charge is -2.53. The van der Waals surface area contributed by atoms with Crippen LogP contribution in [0.5, 0.6) is 5.88 Å². The smallest absolute Gasteiger partial charge is 0.232 e. The van der Waals surface area contributed by atoms with Gasteiger partial charge in [0.1, 0.15) is 11.7 Å². The summed E-state index contributed by atoms with van der Waals surface area (Å²) in [5.74, 6) is 1.68. The van der Waals surface area contributed by atoms with Crippen molar-refractivity contribution in [1.29, 1.82) is 0 Å². The zero-order valence-electron chi connectivity index (χ0n) is 12.8. The Morgan fingerprint density at radius 1 is 1.45 bits per heavy atom. The second-order valence-corrected chi connectivity index (χ2v) is 6.82. The van der Waals surface area contributed by atoms with E-state index < -0.39 is 0 Å². The molecule has 1 spiro atoms. The highest BCUT2D eigenvalue weighted by atomic mass is 16.5. The predicted molar refractivity (Wildman–Crippen MR) is 78.2 cm³/mol. The van der Waals surface area contributed by atoms with Crippen molar-refractivity contribution in [3.05, 3.63) is 18.6 Å². The zero-order valence-corrected chi connectivity index (χ0v) is 12.8. The first kappa shape index (κ1) is 13.9. The first-order chi connectivity index (χ1) is 10.7. The van der Waals surface area contributed by atoms with E-state index in [4.69, 9.17) is 9.47 Å². The van der Waals surface area contributed by atoms with Crippen molar-refractivity contribution in [2.24, 2.45) is 11.8 Å². The van der Waals surface area contributed by atoms with Gasteiger partial charge in [-0.25, -0.2) is 4.98 Å². The molecule has 0 N–H and O–H groups in total. The number of amides is 1. The molecule has 2 aliphatic heterocycles. The minimum Gasteiger partial charge on any atom is -0.473 e. The van der Waals surface area contributed by atoms with Crippen molar-refractivity contribution in [3.8, 4) is 5.88 Å². The van der Waals surface area contributed by atoms with Gasteiger partial charge in [0.15, 0.2) is 0 Å². The Kier molecular flexibility index (Phi) is 3.29. The van der Waals surface area contributed by atoms with Gasteiger partial charge in [-0.3, -0.25) is 9.78 Å². The van der Waals surface area contributed by atoms with Crippen LogP contribution in [0.25, 0.3) is 0 Å². The lowest BCUT2D eigenvalue weighted by atomic mass is 9.84. The van der Waals surface area contributed by atoms with E-state index in [0.717, 1.165) is 19.3 Å². The molecule has 4 rings (SSSR count). The van der Waals surface area contributed by atoms with Crippen molar-refractivity contribution < 1.29 is 14.3 Å². The van der Waals surface area contributed by atoms with Crippen LogP contribution in [0.15, 0.2) is 18.6 Å². The molecule has 6 heteroatoms. The van der Waals surface area contributed by atoms with E-state index in [9.17, 15) is 4.79 Å². The molecule has 22 heavy (non-hydrogen) atoms. The summed E-state index contributed by atoms with van der Waals surface area (Å²) in [6.45, 7) is 4.22. The summed E-state index contributed by atoms with van der Waals surface area (Å²) in [5.41, 5.74) is -0.209. The second kappa shape index (κ2) is 5.19. The van der Waals surface area contributed by atoms with Gasteiger partial charge in [0.05, 0.1) is 25.9 Å². The number of carbonyl (C=O) groups is 1. The SMILES string of the molecule is C[C@@H]1C[C@@H]1C(=O)N1CC2(C[C@@H](Oc3cnccn3)CCO2)C1. The van der Waals surface area contributed by atoms with Gasteiger partial charge in [0.25, 0.3) is 0 Å². The van der Waals surface area contributed by atoms with Crippen molar-refractivity contribution in [2.75, 3.05) is 19.7 Å². The summed E-state index contributed by atoms with van der Waals surface area (Å²) in [6, 6.07) is 0. The lowest BCUT2D eigenvalue weighted by molar-refractivity contribution is -0.194. The van der Waals surface area contributed by atoms with Crippen LogP contribution in [-0.4, -0.2) is 52.2 Å². The Bertz CT molecular complexity index is 559. The van der Waals surface area contributed by atoms with E-state index in [1.54, 1.807) is 18.6 Å². The predicted octanol–water partition coefficient (Wildman–Crippen LogP) is 1.27. The molecule has 1 aromatic heterocycles. The molecule has 1 aliphatic carbocycles. The van der Waals surface area contributed by atoms with Gasteiger partial charge >= 0.3 is 0 Å². The van der Waals surface area contributed by atoms with E-state index >= 15 is 0 Å². The third-order valence-electron chi connectivity index (χ3n) is 4.97. The maximum absolute atomic E-state index is 12.2. The van der Waals surface area contributed by atoms with Gasteiger partial charge in [0, 0.05) is 31.2 Å². The summed E-state index contributed by atoms with van der Waals surface area (Å²) in [5, 5.41) is 0. The van der Waals surface area contributed by atoms with Crippen LogP contribution in [0.3, 0.4) is 0 Å². The first-order valence-electron chi connectivity index (χ1n) is 8.01. The number of hydrogen-bond acceptors (Lipinski definition) is 5. The summed E-state index contributed by atoms with van der Waals surface area (Å²) in [6.07, 6.45) is 7.69. The fourth-order valence-corrected chi connectivity index (χ4v) is 3.53. The first-order valence-corrected chi connectivity index (χ1v) is 8.01. The summed E-state index contributed by atoms with van der Waals surface area (Å²) in [7, 11) is 0. The van der Waals surface area contributed by atoms with Crippen molar-refractivity contribution in [2.45, 2.75) is 37.9 Å². The molecular formula is C16H21N3O3. The number of carbonyl (C=O) groups excluding carboxylic acids is 1. The zero-order chi connectivity index (χ0) is 15.2. The van der Waals surface area contributed by atoms with Crippen LogP contribution in [0.2, 0.25) is 0 Å². The Hall–Kier alpha value is -1.69. The number of ether oxygens (including phenoxy) is 2. The average molecular weight is 303 g/mol. The maximum atomic E-state index is 12.2. The standard InChI is InChI=1S/C16H21N3O3/c1-11-6-13(11)15(20)19-9-16(10-19)7-12(2-5-21-16)22-14-8-17-3-4-18-14/h3-4,8,11-13H,2,5-7,9-10H2,1H3/t11-,12+,13+/m1/s1. The third kappa shape index (κ3) is 2.56. The Labute approximate surface area is 129 Å². The highest BCUT2D eigenvalue weighted by Gasteiger charge is 2.53. The molecule has 118 valence electrons. The summed E-state index contributed by atoms with van der Waals surface area (Å²) in [4.78, 5) is 22.3. The Morgan fingerprint density at radius 2 is 2.27 bits per heavy atom. The number of hydrogen-bond donors (Lipinski definition) is 0. The van der Waals surface area contributed by atoms with Crippen LogP contribution in [-0.2, 0) is 9.53 Å². The maximum Gasteiger partial charge on any atom is 0.232 e. The highest BCUT2D eigenvalue weighted by molar-refractivity contribution is 5.82. The number of likely N-dealkylation sites (tertiary alicyclic amines) is 1. The van der Waals surface area contributed by atoms with E-state index in [1.807, 2.05) is 4.90 Å². The van der Waals surface area contributed by atoms with Crippen LogP contribution in [0.4, 0.5) is 0 Å². The van der Waals surface area contributed by atoms with Gasteiger partial charge in [-0.05, 0) is 12.3 Å². The normalized spacial score (nSPS) is 32.4. The highest BCUT2D eigenvalue weighted by Crippen LogP contribution is 2.43. The summed E-state index contributed by atoms with van der Waals surface area (Å²) >= 11 is 0. The molecular weight excluding hydrogens is 282 g/mol. The molecule has 3 fully saturated rings. The van der Waals surface area contributed by atoms with Crippen molar-refractivity contribution in [1.82, 2.24) is 14.9 Å². The van der Waals surface area contributed by atoms with Crippen LogP contribution in [0.1, 0.15) is 26.2 Å². The molecule has 2 saturated heterocycles. The molecule has 1 amide bonds. The number of aromatic nitrogens is 2. The van der Waals surface area contributed by atoms with E-state index in [2.05, 4.69) is 16.9 Å². The van der Waals surface area contributed by atoms with Crippen LogP contribution >= 0.6 is 0 Å². The van der Waals surface area contributed by atoms with Gasteiger partial charge in [0.2, 0.25) is 11.8 Å². The molecule has 0 unspecified atom stereocenters. The summed E-state index contributed by atoms with van der Waals surface area (Å²) < 4.78 is 11.9. The van der Waals surface area contributed by atoms with Gasteiger partial charge in [-0.15, -0.1) is 0 Å². The van der Waals surface area contributed by atoms with Crippen LogP contribution in [0, 0.1) is 11.8 Å². The Morgan fingerprint density at radius 3 is 2.95 bits per heavy atom. The molecule has 3 heterocycles. The molecule has 1 aromatic rings. The lowest BCUT2D eigenvalue weighted by Crippen LogP contribution is -2.67. The van der Waals surface area contributed by atoms with Crippen LogP contribution < -0.4 is 4.74 Å². The molecule has 0 aromatic carbocycles.